The first-order chi connectivity index (χ1) is 13.1. The highest BCUT2D eigenvalue weighted by Gasteiger charge is 2.13. The van der Waals surface area contributed by atoms with Gasteiger partial charge < -0.3 is 25.7 Å². The van der Waals surface area contributed by atoms with Crippen LogP contribution < -0.4 is 16.0 Å². The van der Waals surface area contributed by atoms with Crippen LogP contribution in [0.4, 0.5) is 22.7 Å². The fourth-order valence-electron chi connectivity index (χ4n) is 2.48. The Bertz CT molecular complexity index is 931. The monoisotopic (exact) mass is 364 g/mol. The van der Waals surface area contributed by atoms with Crippen LogP contribution in [0.3, 0.4) is 0 Å². The Kier molecular flexibility index (Phi) is 5.41. The molecule has 0 saturated carbocycles. The Labute approximate surface area is 156 Å². The van der Waals surface area contributed by atoms with Gasteiger partial charge in [0.1, 0.15) is 11.4 Å². The number of carbonyl (C=O) groups is 2. The molecule has 0 radical (unpaired) electrons. The summed E-state index contributed by atoms with van der Waals surface area (Å²) in [7, 11) is 3.16. The number of ether oxygens (including phenoxy) is 1. The van der Waals surface area contributed by atoms with Gasteiger partial charge >= 0.3 is 5.97 Å². The molecule has 1 heterocycles. The summed E-state index contributed by atoms with van der Waals surface area (Å²) in [6.07, 6.45) is 0. The molecule has 0 bridgehead atoms. The number of H-pyrrole nitrogens is 1. The van der Waals surface area contributed by atoms with E-state index in [9.17, 15) is 9.59 Å². The number of benzene rings is 2. The topological polar surface area (TPSA) is 95.2 Å². The van der Waals surface area contributed by atoms with Crippen LogP contribution in [0.5, 0.6) is 0 Å². The molecule has 0 atom stereocenters. The summed E-state index contributed by atoms with van der Waals surface area (Å²) in [5.74, 6) is -0.860. The molecular weight excluding hydrogens is 344 g/mol. The third kappa shape index (κ3) is 4.46. The van der Waals surface area contributed by atoms with Gasteiger partial charge in [-0.3, -0.25) is 4.79 Å². The molecule has 0 fully saturated rings. The van der Waals surface area contributed by atoms with E-state index in [1.54, 1.807) is 12.1 Å². The summed E-state index contributed by atoms with van der Waals surface area (Å²) in [5, 5.41) is 9.14. The molecule has 1 amide bonds. The lowest BCUT2D eigenvalue weighted by atomic mass is 10.2. The molecule has 1 aromatic heterocycles. The van der Waals surface area contributed by atoms with E-state index in [2.05, 4.69) is 25.7 Å². The highest BCUT2D eigenvalue weighted by atomic mass is 16.5. The maximum Gasteiger partial charge on any atom is 0.354 e. The van der Waals surface area contributed by atoms with Gasteiger partial charge in [0.15, 0.2) is 0 Å². The van der Waals surface area contributed by atoms with E-state index in [0.717, 1.165) is 17.1 Å². The number of carbonyl (C=O) groups excluding carboxylic acids is 2. The lowest BCUT2D eigenvalue weighted by molar-refractivity contribution is 0.0595. The summed E-state index contributed by atoms with van der Waals surface area (Å²) < 4.78 is 4.61. The van der Waals surface area contributed by atoms with Gasteiger partial charge in [-0.05, 0) is 60.7 Å². The Balaban J connectivity index is 1.62. The first-order valence-corrected chi connectivity index (χ1v) is 8.32. The summed E-state index contributed by atoms with van der Waals surface area (Å²) in [4.78, 5) is 26.4. The van der Waals surface area contributed by atoms with E-state index in [-0.39, 0.29) is 17.3 Å². The molecule has 0 saturated heterocycles. The van der Waals surface area contributed by atoms with Crippen molar-refractivity contribution in [3.63, 3.8) is 0 Å². The lowest BCUT2D eigenvalue weighted by Crippen LogP contribution is -2.13. The van der Waals surface area contributed by atoms with Crippen molar-refractivity contribution < 1.29 is 14.3 Å². The minimum absolute atomic E-state index is 0.228. The van der Waals surface area contributed by atoms with E-state index < -0.39 is 5.97 Å². The van der Waals surface area contributed by atoms with Gasteiger partial charge in [-0.2, -0.15) is 0 Å². The average molecular weight is 364 g/mol. The molecule has 138 valence electrons. The van der Waals surface area contributed by atoms with Crippen molar-refractivity contribution in [2.45, 2.75) is 0 Å². The molecule has 4 N–H and O–H groups in total. The minimum Gasteiger partial charge on any atom is -0.464 e. The number of methoxy groups -OCH3 is 1. The summed E-state index contributed by atoms with van der Waals surface area (Å²) in [6.45, 7) is 0. The van der Waals surface area contributed by atoms with Crippen molar-refractivity contribution in [3.8, 4) is 0 Å². The van der Waals surface area contributed by atoms with Crippen LogP contribution >= 0.6 is 0 Å². The fraction of sp³-hybridized carbons (Fsp3) is 0.100. The van der Waals surface area contributed by atoms with Crippen molar-refractivity contribution >= 4 is 34.6 Å². The number of anilines is 4. The zero-order valence-electron chi connectivity index (χ0n) is 15.0. The molecule has 27 heavy (non-hydrogen) atoms. The molecule has 3 aromatic rings. The number of aromatic amines is 1. The van der Waals surface area contributed by atoms with Gasteiger partial charge in [0.2, 0.25) is 0 Å². The zero-order valence-corrected chi connectivity index (χ0v) is 15.0. The van der Waals surface area contributed by atoms with E-state index in [4.69, 9.17) is 0 Å². The number of nitrogens with one attached hydrogen (secondary N) is 4. The molecule has 3 rings (SSSR count). The third-order valence-electron chi connectivity index (χ3n) is 3.94. The van der Waals surface area contributed by atoms with Gasteiger partial charge in [0, 0.05) is 29.8 Å². The standard InChI is InChI=1S/C20H20N4O3/c1-21-13-3-5-14(6-4-13)22-15-7-9-16(10-8-15)23-19(25)17-11-12-18(24-17)20(26)27-2/h3-12,21-22,24H,1-2H3,(H,23,25). The van der Waals surface area contributed by atoms with E-state index >= 15 is 0 Å². The molecule has 2 aromatic carbocycles. The molecule has 0 aliphatic carbocycles. The molecule has 0 spiro atoms. The molecule has 0 aliphatic heterocycles. The van der Waals surface area contributed by atoms with Crippen molar-refractivity contribution in [2.24, 2.45) is 0 Å². The van der Waals surface area contributed by atoms with Crippen molar-refractivity contribution in [3.05, 3.63) is 72.1 Å². The normalized spacial score (nSPS) is 10.1. The number of hydrogen-bond acceptors (Lipinski definition) is 5. The maximum absolute atomic E-state index is 12.3. The van der Waals surface area contributed by atoms with Gasteiger partial charge in [-0.1, -0.05) is 0 Å². The first-order valence-electron chi connectivity index (χ1n) is 8.32. The zero-order chi connectivity index (χ0) is 19.2. The number of rotatable bonds is 6. The Hall–Kier alpha value is -3.74. The second-order valence-corrected chi connectivity index (χ2v) is 5.76. The van der Waals surface area contributed by atoms with Crippen molar-refractivity contribution in [1.82, 2.24) is 4.98 Å². The Morgan fingerprint density at radius 2 is 1.30 bits per heavy atom. The number of esters is 1. The minimum atomic E-state index is -0.521. The molecule has 0 unspecified atom stereocenters. The predicted molar refractivity (Wildman–Crippen MR) is 106 cm³/mol. The highest BCUT2D eigenvalue weighted by Crippen LogP contribution is 2.21. The summed E-state index contributed by atoms with van der Waals surface area (Å²) in [5.41, 5.74) is 4.06. The largest absolute Gasteiger partial charge is 0.464 e. The fourth-order valence-corrected chi connectivity index (χ4v) is 2.48. The number of amides is 1. The summed E-state index contributed by atoms with van der Waals surface area (Å²) in [6, 6.07) is 18.3. The summed E-state index contributed by atoms with van der Waals surface area (Å²) >= 11 is 0. The van der Waals surface area contributed by atoms with Gasteiger partial charge in [-0.15, -0.1) is 0 Å². The quantitative estimate of drug-likeness (QED) is 0.499. The molecule has 7 nitrogen and oxygen atoms in total. The maximum atomic E-state index is 12.3. The second kappa shape index (κ2) is 8.09. The number of aromatic nitrogens is 1. The van der Waals surface area contributed by atoms with Gasteiger partial charge in [-0.25, -0.2) is 4.79 Å². The van der Waals surface area contributed by atoms with Gasteiger partial charge in [0.25, 0.3) is 5.91 Å². The van der Waals surface area contributed by atoms with Crippen LogP contribution in [0.15, 0.2) is 60.7 Å². The van der Waals surface area contributed by atoms with E-state index in [1.807, 2.05) is 43.4 Å². The van der Waals surface area contributed by atoms with Crippen LogP contribution in [0, 0.1) is 0 Å². The van der Waals surface area contributed by atoms with Crippen LogP contribution in [-0.4, -0.2) is 31.0 Å². The predicted octanol–water partition coefficient (Wildman–Crippen LogP) is 3.84. The first kappa shape index (κ1) is 18.1. The van der Waals surface area contributed by atoms with E-state index in [0.29, 0.717) is 5.69 Å². The SMILES string of the molecule is CNc1ccc(Nc2ccc(NC(=O)c3ccc(C(=O)OC)[nH]3)cc2)cc1. The van der Waals surface area contributed by atoms with Crippen molar-refractivity contribution in [2.75, 3.05) is 30.1 Å². The third-order valence-corrected chi connectivity index (χ3v) is 3.94. The highest BCUT2D eigenvalue weighted by molar-refractivity contribution is 6.04. The van der Waals surface area contributed by atoms with Crippen LogP contribution in [0.25, 0.3) is 0 Å². The van der Waals surface area contributed by atoms with E-state index in [1.165, 1.54) is 19.2 Å². The molecule has 7 heteroatoms. The number of hydrogen-bond donors (Lipinski definition) is 4. The Morgan fingerprint density at radius 1 is 0.778 bits per heavy atom. The molecule has 0 aliphatic rings. The van der Waals surface area contributed by atoms with Crippen LogP contribution in [0.2, 0.25) is 0 Å². The average Bonchev–Trinajstić information content (AvgIpc) is 3.20. The van der Waals surface area contributed by atoms with Crippen molar-refractivity contribution in [1.29, 1.82) is 0 Å². The second-order valence-electron chi connectivity index (χ2n) is 5.76. The van der Waals surface area contributed by atoms with Crippen LogP contribution in [-0.2, 0) is 4.74 Å². The Morgan fingerprint density at radius 3 is 1.85 bits per heavy atom. The van der Waals surface area contributed by atoms with Crippen LogP contribution in [0.1, 0.15) is 21.0 Å². The lowest BCUT2D eigenvalue weighted by Gasteiger charge is -2.09. The molecular formula is C20H20N4O3. The van der Waals surface area contributed by atoms with Gasteiger partial charge in [0.05, 0.1) is 7.11 Å². The smallest absolute Gasteiger partial charge is 0.354 e.